The van der Waals surface area contributed by atoms with Crippen LogP contribution in [-0.2, 0) is 0 Å². The van der Waals surface area contributed by atoms with Crippen molar-refractivity contribution in [1.29, 1.82) is 0 Å². The molecule has 18 heavy (non-hydrogen) atoms. The molecule has 4 N–H and O–H groups in total. The molecule has 0 bridgehead atoms. The van der Waals surface area contributed by atoms with Gasteiger partial charge in [-0.3, -0.25) is 0 Å². The normalized spacial score (nSPS) is 38.7. The highest BCUT2D eigenvalue weighted by atomic mass is 19.4. The van der Waals surface area contributed by atoms with Crippen LogP contribution < -0.4 is 16.4 Å². The first-order valence-electron chi connectivity index (χ1n) is 6.74. The fourth-order valence-electron chi connectivity index (χ4n) is 3.04. The lowest BCUT2D eigenvalue weighted by Gasteiger charge is -2.39. The number of piperidine rings is 2. The summed E-state index contributed by atoms with van der Waals surface area (Å²) in [6.07, 6.45) is -1.12. The summed E-state index contributed by atoms with van der Waals surface area (Å²) in [7, 11) is 0. The van der Waals surface area contributed by atoms with Crippen LogP contribution >= 0.6 is 0 Å². The Morgan fingerprint density at radius 3 is 2.22 bits per heavy atom. The Labute approximate surface area is 106 Å². The molecule has 3 nitrogen and oxygen atoms in total. The van der Waals surface area contributed by atoms with E-state index in [9.17, 15) is 13.2 Å². The fourth-order valence-corrected chi connectivity index (χ4v) is 3.04. The lowest BCUT2D eigenvalue weighted by atomic mass is 9.82. The SMILES string of the molecule is NCC1CCC(C2CCC(C(F)(F)F)NC2)NC1. The minimum Gasteiger partial charge on any atom is -0.330 e. The maximum atomic E-state index is 12.5. The van der Waals surface area contributed by atoms with E-state index in [-0.39, 0.29) is 6.42 Å². The van der Waals surface area contributed by atoms with E-state index in [0.29, 0.717) is 37.4 Å². The van der Waals surface area contributed by atoms with Crippen molar-refractivity contribution in [3.05, 3.63) is 0 Å². The van der Waals surface area contributed by atoms with Crippen LogP contribution in [0.25, 0.3) is 0 Å². The molecule has 0 aliphatic carbocycles. The monoisotopic (exact) mass is 265 g/mol. The predicted octanol–water partition coefficient (Wildman–Crippen LogP) is 1.24. The number of alkyl halides is 3. The lowest BCUT2D eigenvalue weighted by Crippen LogP contribution is -2.54. The van der Waals surface area contributed by atoms with Gasteiger partial charge in [0.25, 0.3) is 0 Å². The van der Waals surface area contributed by atoms with Gasteiger partial charge < -0.3 is 16.4 Å². The van der Waals surface area contributed by atoms with Gasteiger partial charge in [0, 0.05) is 12.6 Å². The Bertz CT molecular complexity index is 254. The third-order valence-corrected chi connectivity index (χ3v) is 4.30. The van der Waals surface area contributed by atoms with Gasteiger partial charge in [0.2, 0.25) is 0 Å². The third-order valence-electron chi connectivity index (χ3n) is 4.30. The van der Waals surface area contributed by atoms with E-state index >= 15 is 0 Å². The zero-order valence-electron chi connectivity index (χ0n) is 10.5. The van der Waals surface area contributed by atoms with Crippen molar-refractivity contribution < 1.29 is 13.2 Å². The van der Waals surface area contributed by atoms with E-state index in [1.807, 2.05) is 0 Å². The molecule has 0 aromatic heterocycles. The van der Waals surface area contributed by atoms with Gasteiger partial charge in [0.05, 0.1) is 0 Å². The van der Waals surface area contributed by atoms with Crippen molar-refractivity contribution in [3.63, 3.8) is 0 Å². The van der Waals surface area contributed by atoms with Gasteiger partial charge in [-0.15, -0.1) is 0 Å². The first-order valence-corrected chi connectivity index (χ1v) is 6.74. The zero-order valence-corrected chi connectivity index (χ0v) is 10.5. The lowest BCUT2D eigenvalue weighted by molar-refractivity contribution is -0.162. The molecule has 0 saturated carbocycles. The molecule has 0 aromatic carbocycles. The summed E-state index contributed by atoms with van der Waals surface area (Å²) < 4.78 is 37.5. The Morgan fingerprint density at radius 1 is 1.00 bits per heavy atom. The first kappa shape index (κ1) is 14.1. The van der Waals surface area contributed by atoms with E-state index < -0.39 is 12.2 Å². The minimum atomic E-state index is -4.10. The molecule has 0 amide bonds. The molecule has 2 aliphatic heterocycles. The quantitative estimate of drug-likeness (QED) is 0.704. The summed E-state index contributed by atoms with van der Waals surface area (Å²) in [5, 5.41) is 6.08. The summed E-state index contributed by atoms with van der Waals surface area (Å²) in [5.74, 6) is 0.850. The molecule has 106 valence electrons. The number of rotatable bonds is 2. The molecule has 2 rings (SSSR count). The molecule has 6 heteroatoms. The second kappa shape index (κ2) is 5.75. The minimum absolute atomic E-state index is 0.201. The highest BCUT2D eigenvalue weighted by Gasteiger charge is 2.42. The van der Waals surface area contributed by atoms with Crippen LogP contribution in [0.2, 0.25) is 0 Å². The first-order chi connectivity index (χ1) is 8.50. The van der Waals surface area contributed by atoms with Crippen LogP contribution in [0.5, 0.6) is 0 Å². The van der Waals surface area contributed by atoms with Gasteiger partial charge in [-0.1, -0.05) is 0 Å². The smallest absolute Gasteiger partial charge is 0.330 e. The molecule has 2 saturated heterocycles. The highest BCUT2D eigenvalue weighted by Crippen LogP contribution is 2.30. The Kier molecular flexibility index (Phi) is 4.50. The van der Waals surface area contributed by atoms with Gasteiger partial charge in [-0.25, -0.2) is 0 Å². The van der Waals surface area contributed by atoms with Crippen molar-refractivity contribution >= 4 is 0 Å². The van der Waals surface area contributed by atoms with Gasteiger partial charge in [-0.2, -0.15) is 13.2 Å². The summed E-state index contributed by atoms with van der Waals surface area (Å²) >= 11 is 0. The van der Waals surface area contributed by atoms with Crippen LogP contribution in [0.1, 0.15) is 25.7 Å². The van der Waals surface area contributed by atoms with Crippen molar-refractivity contribution in [3.8, 4) is 0 Å². The van der Waals surface area contributed by atoms with E-state index in [0.717, 1.165) is 19.4 Å². The number of hydrogen-bond acceptors (Lipinski definition) is 3. The Balaban J connectivity index is 1.77. The van der Waals surface area contributed by atoms with E-state index in [1.165, 1.54) is 0 Å². The van der Waals surface area contributed by atoms with E-state index in [2.05, 4.69) is 10.6 Å². The molecule has 2 aliphatic rings. The Hall–Kier alpha value is -0.330. The molecule has 2 fully saturated rings. The zero-order chi connectivity index (χ0) is 13.2. The second-order valence-corrected chi connectivity index (χ2v) is 5.53. The second-order valence-electron chi connectivity index (χ2n) is 5.53. The highest BCUT2D eigenvalue weighted by molar-refractivity contribution is 4.90. The molecule has 4 atom stereocenters. The van der Waals surface area contributed by atoms with Gasteiger partial charge in [-0.05, 0) is 50.6 Å². The summed E-state index contributed by atoms with van der Waals surface area (Å²) in [4.78, 5) is 0. The van der Waals surface area contributed by atoms with Crippen molar-refractivity contribution in [2.75, 3.05) is 19.6 Å². The molecule has 0 aromatic rings. The summed E-state index contributed by atoms with van der Waals surface area (Å²) in [5.41, 5.74) is 5.62. The number of nitrogens with one attached hydrogen (secondary N) is 2. The fraction of sp³-hybridized carbons (Fsp3) is 1.00. The summed E-state index contributed by atoms with van der Waals surface area (Å²) in [6, 6.07) is -0.955. The standard InChI is InChI=1S/C12H22F3N3/c13-12(14,15)11-4-2-9(7-18-11)10-3-1-8(5-16)6-17-10/h8-11,17-18H,1-7,16H2. The van der Waals surface area contributed by atoms with Gasteiger partial charge >= 0.3 is 6.18 Å². The average molecular weight is 265 g/mol. The van der Waals surface area contributed by atoms with Crippen LogP contribution in [0, 0.1) is 11.8 Å². The molecule has 4 unspecified atom stereocenters. The maximum absolute atomic E-state index is 12.5. The van der Waals surface area contributed by atoms with Crippen LogP contribution in [0.4, 0.5) is 13.2 Å². The summed E-state index contributed by atoms with van der Waals surface area (Å²) in [6.45, 7) is 2.06. The van der Waals surface area contributed by atoms with Crippen LogP contribution in [0.3, 0.4) is 0 Å². The van der Waals surface area contributed by atoms with E-state index in [1.54, 1.807) is 0 Å². The molecular formula is C12H22F3N3. The van der Waals surface area contributed by atoms with Gasteiger partial charge in [0.1, 0.15) is 6.04 Å². The molecule has 0 spiro atoms. The number of hydrogen-bond donors (Lipinski definition) is 3. The molecule has 2 heterocycles. The third kappa shape index (κ3) is 3.36. The average Bonchev–Trinajstić information content (AvgIpc) is 2.38. The van der Waals surface area contributed by atoms with Crippen molar-refractivity contribution in [1.82, 2.24) is 10.6 Å². The van der Waals surface area contributed by atoms with Crippen molar-refractivity contribution in [2.45, 2.75) is 43.9 Å². The number of halogens is 3. The maximum Gasteiger partial charge on any atom is 0.403 e. The predicted molar refractivity (Wildman–Crippen MR) is 64.1 cm³/mol. The van der Waals surface area contributed by atoms with Crippen LogP contribution in [0.15, 0.2) is 0 Å². The van der Waals surface area contributed by atoms with Gasteiger partial charge in [0.15, 0.2) is 0 Å². The van der Waals surface area contributed by atoms with E-state index in [4.69, 9.17) is 5.73 Å². The van der Waals surface area contributed by atoms with Crippen LogP contribution in [-0.4, -0.2) is 37.9 Å². The largest absolute Gasteiger partial charge is 0.403 e. The Morgan fingerprint density at radius 2 is 1.78 bits per heavy atom. The number of nitrogens with two attached hydrogens (primary N) is 1. The van der Waals surface area contributed by atoms with Crippen molar-refractivity contribution in [2.24, 2.45) is 17.6 Å². The molecule has 0 radical (unpaired) electrons. The molecular weight excluding hydrogens is 243 g/mol. The topological polar surface area (TPSA) is 50.1 Å².